The minimum atomic E-state index is -0.574. The zero-order valence-corrected chi connectivity index (χ0v) is 17.2. The number of carbonyl (C=O) groups is 1. The third kappa shape index (κ3) is 3.74. The lowest BCUT2D eigenvalue weighted by Crippen LogP contribution is -2.15. The number of rotatable bonds is 3. The maximum Gasteiger partial charge on any atom is 0.353 e. The van der Waals surface area contributed by atoms with Crippen LogP contribution < -0.4 is 10.2 Å². The molecular formula is C24H20O4S. The quantitative estimate of drug-likeness (QED) is 0.391. The van der Waals surface area contributed by atoms with Crippen molar-refractivity contribution in [1.82, 2.24) is 0 Å². The van der Waals surface area contributed by atoms with Crippen LogP contribution in [0.4, 0.5) is 0 Å². The lowest BCUT2D eigenvalue weighted by molar-refractivity contribution is 0.0736. The predicted octanol–water partition coefficient (Wildman–Crippen LogP) is 6.04. The van der Waals surface area contributed by atoms with Gasteiger partial charge in [-0.25, -0.2) is 4.79 Å². The standard InChI is InChI=1S/C24H20O4S/c1-24(2,3)16-12-10-15(11-13-16)21-22(28-23(26)19-9-6-14-29-19)20(25)17-7-4-5-8-18(17)27-21/h4-14H,1-3H3. The van der Waals surface area contributed by atoms with Gasteiger partial charge in [-0.2, -0.15) is 0 Å². The van der Waals surface area contributed by atoms with Gasteiger partial charge in [-0.05, 0) is 34.6 Å². The maximum atomic E-state index is 13.1. The van der Waals surface area contributed by atoms with E-state index in [2.05, 4.69) is 20.8 Å². The van der Waals surface area contributed by atoms with Crippen LogP contribution in [0, 0.1) is 0 Å². The zero-order chi connectivity index (χ0) is 20.6. The fraction of sp³-hybridized carbons (Fsp3) is 0.167. The Bertz CT molecular complexity index is 1230. The van der Waals surface area contributed by atoms with E-state index in [9.17, 15) is 9.59 Å². The molecule has 0 amide bonds. The van der Waals surface area contributed by atoms with Crippen molar-refractivity contribution in [3.05, 3.63) is 86.7 Å². The van der Waals surface area contributed by atoms with Crippen LogP contribution in [0.25, 0.3) is 22.3 Å². The molecule has 2 heterocycles. The average Bonchev–Trinajstić information content (AvgIpc) is 3.24. The second-order valence-electron chi connectivity index (χ2n) is 7.78. The van der Waals surface area contributed by atoms with Gasteiger partial charge in [0.2, 0.25) is 11.2 Å². The number of esters is 1. The van der Waals surface area contributed by atoms with Crippen LogP contribution in [0.3, 0.4) is 0 Å². The average molecular weight is 404 g/mol. The second-order valence-corrected chi connectivity index (χ2v) is 8.73. The molecule has 0 radical (unpaired) electrons. The predicted molar refractivity (Wildman–Crippen MR) is 116 cm³/mol. The van der Waals surface area contributed by atoms with Crippen LogP contribution in [0.5, 0.6) is 5.75 Å². The Morgan fingerprint density at radius 3 is 2.34 bits per heavy atom. The molecule has 0 aliphatic rings. The van der Waals surface area contributed by atoms with E-state index in [0.717, 1.165) is 5.56 Å². The van der Waals surface area contributed by atoms with Crippen molar-refractivity contribution in [3.8, 4) is 17.1 Å². The lowest BCUT2D eigenvalue weighted by Gasteiger charge is -2.19. The Hall–Kier alpha value is -3.18. The summed E-state index contributed by atoms with van der Waals surface area (Å²) in [6.07, 6.45) is 0. The van der Waals surface area contributed by atoms with Crippen LogP contribution in [-0.4, -0.2) is 5.97 Å². The number of ether oxygens (including phenoxy) is 1. The second kappa shape index (κ2) is 7.33. The van der Waals surface area contributed by atoms with Gasteiger partial charge in [-0.3, -0.25) is 4.79 Å². The largest absolute Gasteiger partial charge is 0.452 e. The molecule has 2 aromatic heterocycles. The number of hydrogen-bond donors (Lipinski definition) is 0. The Kier molecular flexibility index (Phi) is 4.84. The number of carbonyl (C=O) groups excluding carboxylic acids is 1. The Balaban J connectivity index is 1.87. The molecule has 2 aromatic carbocycles. The highest BCUT2D eigenvalue weighted by Gasteiger charge is 2.22. The number of fused-ring (bicyclic) bond motifs is 1. The van der Waals surface area contributed by atoms with E-state index < -0.39 is 5.97 Å². The van der Waals surface area contributed by atoms with Crippen LogP contribution >= 0.6 is 11.3 Å². The molecule has 4 rings (SSSR count). The Labute approximate surface area is 172 Å². The molecule has 146 valence electrons. The fourth-order valence-corrected chi connectivity index (χ4v) is 3.67. The zero-order valence-electron chi connectivity index (χ0n) is 16.4. The third-order valence-corrected chi connectivity index (χ3v) is 5.54. The van der Waals surface area contributed by atoms with Gasteiger partial charge < -0.3 is 9.15 Å². The van der Waals surface area contributed by atoms with E-state index in [1.165, 1.54) is 11.3 Å². The summed E-state index contributed by atoms with van der Waals surface area (Å²) in [5.41, 5.74) is 1.91. The first-order chi connectivity index (χ1) is 13.8. The molecule has 0 aliphatic heterocycles. The monoisotopic (exact) mass is 404 g/mol. The smallest absolute Gasteiger partial charge is 0.353 e. The molecule has 0 unspecified atom stereocenters. The van der Waals surface area contributed by atoms with E-state index in [4.69, 9.17) is 9.15 Å². The van der Waals surface area contributed by atoms with E-state index in [0.29, 0.717) is 21.4 Å². The summed E-state index contributed by atoms with van der Waals surface area (Å²) in [5.74, 6) is -0.417. The number of para-hydroxylation sites is 1. The molecule has 5 heteroatoms. The number of benzene rings is 2. The first-order valence-corrected chi connectivity index (χ1v) is 10.1. The molecule has 0 spiro atoms. The summed E-state index contributed by atoms with van der Waals surface area (Å²) in [6, 6.07) is 18.1. The van der Waals surface area contributed by atoms with Crippen molar-refractivity contribution in [2.75, 3.05) is 0 Å². The molecule has 29 heavy (non-hydrogen) atoms. The fourth-order valence-electron chi connectivity index (χ4n) is 3.07. The van der Waals surface area contributed by atoms with Gasteiger partial charge >= 0.3 is 5.97 Å². The molecule has 4 nitrogen and oxygen atoms in total. The highest BCUT2D eigenvalue weighted by molar-refractivity contribution is 7.12. The molecule has 0 saturated heterocycles. The molecule has 0 bridgehead atoms. The minimum absolute atomic E-state index is 0.00276. The molecule has 4 aromatic rings. The van der Waals surface area contributed by atoms with Gasteiger partial charge in [-0.15, -0.1) is 11.3 Å². The normalized spacial score (nSPS) is 11.6. The Morgan fingerprint density at radius 2 is 1.69 bits per heavy atom. The van der Waals surface area contributed by atoms with Crippen molar-refractivity contribution in [2.24, 2.45) is 0 Å². The summed E-state index contributed by atoms with van der Waals surface area (Å²) < 4.78 is 11.6. The molecule has 0 atom stereocenters. The van der Waals surface area contributed by atoms with Crippen LogP contribution in [0.1, 0.15) is 36.0 Å². The van der Waals surface area contributed by atoms with E-state index in [1.807, 2.05) is 24.3 Å². The van der Waals surface area contributed by atoms with Crippen LogP contribution in [-0.2, 0) is 5.41 Å². The van der Waals surface area contributed by atoms with Gasteiger partial charge in [0.25, 0.3) is 0 Å². The first kappa shape index (κ1) is 19.2. The summed E-state index contributed by atoms with van der Waals surface area (Å²) in [4.78, 5) is 26.1. The highest BCUT2D eigenvalue weighted by Crippen LogP contribution is 2.33. The number of hydrogen-bond acceptors (Lipinski definition) is 5. The molecule has 0 fully saturated rings. The van der Waals surface area contributed by atoms with E-state index in [-0.39, 0.29) is 22.4 Å². The van der Waals surface area contributed by atoms with Crippen LogP contribution in [0.2, 0.25) is 0 Å². The van der Waals surface area contributed by atoms with E-state index >= 15 is 0 Å². The van der Waals surface area contributed by atoms with Crippen molar-refractivity contribution in [1.29, 1.82) is 0 Å². The maximum absolute atomic E-state index is 13.1. The van der Waals surface area contributed by atoms with Gasteiger partial charge in [0, 0.05) is 5.56 Å². The van der Waals surface area contributed by atoms with Crippen molar-refractivity contribution >= 4 is 28.3 Å². The van der Waals surface area contributed by atoms with E-state index in [1.54, 1.807) is 41.8 Å². The van der Waals surface area contributed by atoms with Gasteiger partial charge in [0.05, 0.1) is 5.39 Å². The SMILES string of the molecule is CC(C)(C)c1ccc(-c2oc3ccccc3c(=O)c2OC(=O)c2cccs2)cc1. The first-order valence-electron chi connectivity index (χ1n) is 9.27. The van der Waals surface area contributed by atoms with Crippen LogP contribution in [0.15, 0.2) is 75.3 Å². The summed E-state index contributed by atoms with van der Waals surface area (Å²) in [7, 11) is 0. The third-order valence-electron chi connectivity index (χ3n) is 4.69. The van der Waals surface area contributed by atoms with Crippen molar-refractivity contribution in [3.63, 3.8) is 0 Å². The van der Waals surface area contributed by atoms with Gasteiger partial charge in [0.1, 0.15) is 10.5 Å². The molecule has 0 aliphatic carbocycles. The lowest BCUT2D eigenvalue weighted by atomic mass is 9.86. The molecule has 0 N–H and O–H groups in total. The van der Waals surface area contributed by atoms with Gasteiger partial charge in [0.15, 0.2) is 5.76 Å². The summed E-state index contributed by atoms with van der Waals surface area (Å²) in [5, 5.41) is 2.16. The topological polar surface area (TPSA) is 56.5 Å². The Morgan fingerprint density at radius 1 is 0.966 bits per heavy atom. The molecular weight excluding hydrogens is 384 g/mol. The van der Waals surface area contributed by atoms with Crippen molar-refractivity contribution < 1.29 is 13.9 Å². The number of thiophene rings is 1. The summed E-state index contributed by atoms with van der Waals surface area (Å²) in [6.45, 7) is 6.39. The van der Waals surface area contributed by atoms with Crippen molar-refractivity contribution in [2.45, 2.75) is 26.2 Å². The summed E-state index contributed by atoms with van der Waals surface area (Å²) >= 11 is 1.26. The van der Waals surface area contributed by atoms with Gasteiger partial charge in [-0.1, -0.05) is 63.2 Å². The molecule has 0 saturated carbocycles. The minimum Gasteiger partial charge on any atom is -0.452 e. The highest BCUT2D eigenvalue weighted by atomic mass is 32.1.